The van der Waals surface area contributed by atoms with Gasteiger partial charge < -0.3 is 10.1 Å². The van der Waals surface area contributed by atoms with Gasteiger partial charge in [0.15, 0.2) is 6.10 Å². The Hall–Kier alpha value is -1.80. The number of hydrogen-bond acceptors (Lipinski definition) is 4. The molecule has 1 N–H and O–H groups in total. The van der Waals surface area contributed by atoms with E-state index in [-0.39, 0.29) is 17.3 Å². The van der Waals surface area contributed by atoms with Crippen LogP contribution in [0.5, 0.6) is 5.75 Å². The molecule has 0 bridgehead atoms. The molecule has 0 spiro atoms. The van der Waals surface area contributed by atoms with Crippen molar-refractivity contribution in [3.05, 3.63) is 58.1 Å². The summed E-state index contributed by atoms with van der Waals surface area (Å²) >= 11 is 11.9. The molecule has 1 unspecified atom stereocenters. The van der Waals surface area contributed by atoms with Gasteiger partial charge in [0.2, 0.25) is 10.0 Å². The fourth-order valence-corrected chi connectivity index (χ4v) is 3.49. The van der Waals surface area contributed by atoms with Crippen LogP contribution in [0, 0.1) is 0 Å². The van der Waals surface area contributed by atoms with Crippen LogP contribution in [-0.2, 0) is 21.4 Å². The maximum Gasteiger partial charge on any atom is 0.261 e. The lowest BCUT2D eigenvalue weighted by molar-refractivity contribution is -0.127. The molecule has 146 valence electrons. The van der Waals surface area contributed by atoms with Crippen LogP contribution in [0.3, 0.4) is 0 Å². The lowest BCUT2D eigenvalue weighted by Crippen LogP contribution is -2.36. The first-order chi connectivity index (χ1) is 12.6. The van der Waals surface area contributed by atoms with Gasteiger partial charge in [-0.3, -0.25) is 4.79 Å². The maximum atomic E-state index is 12.2. The van der Waals surface area contributed by atoms with E-state index in [0.29, 0.717) is 15.8 Å². The molecule has 2 aromatic carbocycles. The predicted octanol–water partition coefficient (Wildman–Crippen LogP) is 3.33. The van der Waals surface area contributed by atoms with E-state index in [1.54, 1.807) is 31.2 Å². The number of halogens is 2. The molecule has 6 nitrogen and oxygen atoms in total. The third-order valence-electron chi connectivity index (χ3n) is 3.74. The van der Waals surface area contributed by atoms with Gasteiger partial charge in [-0.25, -0.2) is 12.7 Å². The van der Waals surface area contributed by atoms with Gasteiger partial charge in [0, 0.05) is 25.7 Å². The van der Waals surface area contributed by atoms with Crippen LogP contribution in [0.4, 0.5) is 0 Å². The minimum atomic E-state index is -3.48. The molecule has 2 rings (SSSR count). The first-order valence-corrected chi connectivity index (χ1v) is 10.2. The summed E-state index contributed by atoms with van der Waals surface area (Å²) in [6, 6.07) is 11.1. The van der Waals surface area contributed by atoms with E-state index in [1.807, 2.05) is 0 Å². The monoisotopic (exact) mass is 430 g/mol. The topological polar surface area (TPSA) is 75.7 Å². The molecule has 0 saturated carbocycles. The number of ether oxygens (including phenoxy) is 1. The Balaban J connectivity index is 1.94. The number of benzene rings is 2. The number of carbonyl (C=O) groups excluding carboxylic acids is 1. The van der Waals surface area contributed by atoms with E-state index in [4.69, 9.17) is 27.9 Å². The number of hydrogen-bond donors (Lipinski definition) is 1. The standard InChI is InChI=1S/C18H20Cl2N2O4S/c1-12(26-17-9-6-14(19)10-16(17)20)18(23)21-11-13-4-7-15(8-5-13)27(24,25)22(2)3/h4-10,12H,11H2,1-3H3,(H,21,23). The molecule has 0 aliphatic carbocycles. The summed E-state index contributed by atoms with van der Waals surface area (Å²) in [5.41, 5.74) is 0.762. The number of amides is 1. The minimum absolute atomic E-state index is 0.191. The summed E-state index contributed by atoms with van der Waals surface area (Å²) in [4.78, 5) is 12.4. The highest BCUT2D eigenvalue weighted by atomic mass is 35.5. The highest BCUT2D eigenvalue weighted by molar-refractivity contribution is 7.89. The van der Waals surface area contributed by atoms with Crippen LogP contribution in [0.1, 0.15) is 12.5 Å². The molecule has 0 fully saturated rings. The lowest BCUT2D eigenvalue weighted by Gasteiger charge is -2.16. The second-order valence-electron chi connectivity index (χ2n) is 5.98. The van der Waals surface area contributed by atoms with E-state index >= 15 is 0 Å². The molecule has 0 aromatic heterocycles. The van der Waals surface area contributed by atoms with Crippen LogP contribution in [-0.4, -0.2) is 38.8 Å². The van der Waals surface area contributed by atoms with Crippen LogP contribution in [0.2, 0.25) is 10.0 Å². The summed E-state index contributed by atoms with van der Waals surface area (Å²) in [6.07, 6.45) is -0.767. The second kappa shape index (κ2) is 8.93. The summed E-state index contributed by atoms with van der Waals surface area (Å²) in [6.45, 7) is 1.84. The highest BCUT2D eigenvalue weighted by Crippen LogP contribution is 2.28. The van der Waals surface area contributed by atoms with Gasteiger partial charge in [-0.1, -0.05) is 35.3 Å². The van der Waals surface area contributed by atoms with Crippen LogP contribution in [0.15, 0.2) is 47.4 Å². The van der Waals surface area contributed by atoms with E-state index in [9.17, 15) is 13.2 Å². The Morgan fingerprint density at radius 3 is 2.33 bits per heavy atom. The Kier molecular flexibility index (Phi) is 7.11. The SMILES string of the molecule is CC(Oc1ccc(Cl)cc1Cl)C(=O)NCc1ccc(S(=O)(=O)N(C)C)cc1. The van der Waals surface area contributed by atoms with Crippen LogP contribution < -0.4 is 10.1 Å². The van der Waals surface area contributed by atoms with Crippen molar-refractivity contribution in [2.45, 2.75) is 24.5 Å². The second-order valence-corrected chi connectivity index (χ2v) is 8.98. The molecule has 0 heterocycles. The van der Waals surface area contributed by atoms with Gasteiger partial charge in [-0.15, -0.1) is 0 Å². The summed E-state index contributed by atoms with van der Waals surface area (Å²) in [5, 5.41) is 3.53. The molecule has 0 saturated heterocycles. The fraction of sp³-hybridized carbons (Fsp3) is 0.278. The molecule has 27 heavy (non-hydrogen) atoms. The number of nitrogens with zero attached hydrogens (tertiary/aromatic N) is 1. The van der Waals surface area contributed by atoms with Crippen molar-refractivity contribution >= 4 is 39.1 Å². The van der Waals surface area contributed by atoms with Gasteiger partial charge in [-0.05, 0) is 42.8 Å². The van der Waals surface area contributed by atoms with Gasteiger partial charge >= 0.3 is 0 Å². The quantitative estimate of drug-likeness (QED) is 0.730. The largest absolute Gasteiger partial charge is 0.479 e. The first kappa shape index (κ1) is 21.5. The Bertz CT molecular complexity index is 915. The van der Waals surface area contributed by atoms with Crippen molar-refractivity contribution in [1.29, 1.82) is 0 Å². The Morgan fingerprint density at radius 2 is 1.78 bits per heavy atom. The van der Waals surface area contributed by atoms with Gasteiger partial charge in [0.25, 0.3) is 5.91 Å². The van der Waals surface area contributed by atoms with Crippen LogP contribution >= 0.6 is 23.2 Å². The lowest BCUT2D eigenvalue weighted by atomic mass is 10.2. The van der Waals surface area contributed by atoms with Crippen molar-refractivity contribution < 1.29 is 17.9 Å². The van der Waals surface area contributed by atoms with Gasteiger partial charge in [-0.2, -0.15) is 0 Å². The number of rotatable bonds is 7. The zero-order valence-corrected chi connectivity index (χ0v) is 17.4. The van der Waals surface area contributed by atoms with E-state index in [0.717, 1.165) is 9.87 Å². The normalized spacial score (nSPS) is 12.7. The minimum Gasteiger partial charge on any atom is -0.479 e. The van der Waals surface area contributed by atoms with Crippen molar-refractivity contribution in [2.24, 2.45) is 0 Å². The summed E-state index contributed by atoms with van der Waals surface area (Å²) in [7, 11) is -0.536. The maximum absolute atomic E-state index is 12.2. The smallest absolute Gasteiger partial charge is 0.261 e. The number of carbonyl (C=O) groups is 1. The van der Waals surface area contributed by atoms with Crippen molar-refractivity contribution in [3.8, 4) is 5.75 Å². The number of sulfonamides is 1. The first-order valence-electron chi connectivity index (χ1n) is 8.02. The van der Waals surface area contributed by atoms with Crippen molar-refractivity contribution in [3.63, 3.8) is 0 Å². The average molecular weight is 431 g/mol. The molecular weight excluding hydrogens is 411 g/mol. The highest BCUT2D eigenvalue weighted by Gasteiger charge is 2.18. The van der Waals surface area contributed by atoms with E-state index in [1.165, 1.54) is 32.3 Å². The van der Waals surface area contributed by atoms with Gasteiger partial charge in [0.05, 0.1) is 9.92 Å². The molecule has 1 amide bonds. The third kappa shape index (κ3) is 5.59. The predicted molar refractivity (Wildman–Crippen MR) is 106 cm³/mol. The number of nitrogens with one attached hydrogen (secondary N) is 1. The molecule has 9 heteroatoms. The molecule has 2 aromatic rings. The fourth-order valence-electron chi connectivity index (χ4n) is 2.14. The zero-order chi connectivity index (χ0) is 20.2. The summed E-state index contributed by atoms with van der Waals surface area (Å²) < 4.78 is 30.8. The van der Waals surface area contributed by atoms with E-state index < -0.39 is 16.1 Å². The van der Waals surface area contributed by atoms with Gasteiger partial charge in [0.1, 0.15) is 5.75 Å². The molecule has 0 aliphatic heterocycles. The zero-order valence-electron chi connectivity index (χ0n) is 15.1. The average Bonchev–Trinajstić information content (AvgIpc) is 2.62. The third-order valence-corrected chi connectivity index (χ3v) is 6.10. The Labute approximate surface area is 169 Å². The van der Waals surface area contributed by atoms with Crippen molar-refractivity contribution in [1.82, 2.24) is 9.62 Å². The van der Waals surface area contributed by atoms with E-state index in [2.05, 4.69) is 5.32 Å². The Morgan fingerprint density at radius 1 is 1.15 bits per heavy atom. The molecule has 1 atom stereocenters. The molecular formula is C18H20Cl2N2O4S. The van der Waals surface area contributed by atoms with Crippen molar-refractivity contribution in [2.75, 3.05) is 14.1 Å². The summed E-state index contributed by atoms with van der Waals surface area (Å²) in [5.74, 6) is 0.0352. The van der Waals surface area contributed by atoms with Crippen LogP contribution in [0.25, 0.3) is 0 Å². The molecule has 0 aliphatic rings. The molecule has 0 radical (unpaired) electrons.